The molecule has 0 aliphatic heterocycles. The first-order valence-electron chi connectivity index (χ1n) is 21.6. The van der Waals surface area contributed by atoms with Crippen molar-refractivity contribution in [1.82, 2.24) is 15.0 Å². The van der Waals surface area contributed by atoms with Crippen molar-refractivity contribution in [2.45, 2.75) is 57.8 Å². The molecule has 2 bridgehead atoms. The van der Waals surface area contributed by atoms with E-state index in [2.05, 4.69) is 141 Å². The van der Waals surface area contributed by atoms with Crippen molar-refractivity contribution in [3.05, 3.63) is 175 Å². The quantitative estimate of drug-likeness (QED) is 0.154. The Morgan fingerprint density at radius 1 is 0.500 bits per heavy atom. The highest BCUT2D eigenvalue weighted by Crippen LogP contribution is 2.55. The molecule has 1 unspecified atom stereocenters. The first-order chi connectivity index (χ1) is 29.5. The highest BCUT2D eigenvalue weighted by Gasteiger charge is 2.45. The Balaban J connectivity index is 1.01. The lowest BCUT2D eigenvalue weighted by Crippen LogP contribution is -2.42. The largest absolute Gasteiger partial charge is 0.208 e. The zero-order valence-electron chi connectivity index (χ0n) is 34.4. The number of aromatic nitrogens is 3. The fourth-order valence-electron chi connectivity index (χ4n) is 10.8. The third kappa shape index (κ3) is 7.09. The Morgan fingerprint density at radius 3 is 1.65 bits per heavy atom. The van der Waals surface area contributed by atoms with E-state index in [0.717, 1.165) is 62.3 Å². The molecule has 60 heavy (non-hydrogen) atoms. The summed E-state index contributed by atoms with van der Waals surface area (Å²) in [5, 5.41) is 11.7. The number of nitriles is 1. The zero-order valence-corrected chi connectivity index (χ0v) is 34.4. The van der Waals surface area contributed by atoms with Crippen LogP contribution in [0, 0.1) is 29.1 Å². The summed E-state index contributed by atoms with van der Waals surface area (Å²) in [6.07, 6.45) is 8.04. The molecule has 1 aromatic heterocycles. The summed E-state index contributed by atoms with van der Waals surface area (Å²) in [6, 6.07) is 59.9. The number of rotatable bonds is 8. The van der Waals surface area contributed by atoms with E-state index in [1.54, 1.807) is 0 Å². The Hall–Kier alpha value is -6.70. The van der Waals surface area contributed by atoms with Crippen LogP contribution < -0.4 is 0 Å². The highest BCUT2D eigenvalue weighted by molar-refractivity contribution is 6.05. The third-order valence-electron chi connectivity index (χ3n) is 13.4. The first kappa shape index (κ1) is 37.6. The second-order valence-electron chi connectivity index (χ2n) is 17.4. The van der Waals surface area contributed by atoms with Gasteiger partial charge in [0, 0.05) is 16.7 Å². The first-order valence-corrected chi connectivity index (χ1v) is 21.6. The number of nitrogens with zero attached hydrogens (tertiary/aromatic N) is 4. The number of fused-ring (bicyclic) bond motifs is 3. The van der Waals surface area contributed by atoms with Crippen LogP contribution in [0.25, 0.3) is 78.3 Å². The van der Waals surface area contributed by atoms with E-state index in [4.69, 9.17) is 15.0 Å². The summed E-state index contributed by atoms with van der Waals surface area (Å²) in [7, 11) is 0. The molecule has 10 rings (SSSR count). The van der Waals surface area contributed by atoms with Crippen LogP contribution in [0.15, 0.2) is 164 Å². The molecule has 292 valence electrons. The molecule has 8 aromatic rings. The molecule has 1 heterocycles. The summed E-state index contributed by atoms with van der Waals surface area (Å²) in [6.45, 7) is 4.86. The Kier molecular flexibility index (Phi) is 9.90. The van der Waals surface area contributed by atoms with Crippen molar-refractivity contribution in [2.24, 2.45) is 17.8 Å². The second-order valence-corrected chi connectivity index (χ2v) is 17.4. The van der Waals surface area contributed by atoms with E-state index >= 15 is 0 Å². The second kappa shape index (κ2) is 15.8. The normalized spacial score (nSPS) is 19.8. The summed E-state index contributed by atoms with van der Waals surface area (Å²) in [5.41, 5.74) is 12.1. The van der Waals surface area contributed by atoms with Crippen LogP contribution in [-0.4, -0.2) is 15.0 Å². The summed E-state index contributed by atoms with van der Waals surface area (Å²) in [4.78, 5) is 15.4. The van der Waals surface area contributed by atoms with Crippen molar-refractivity contribution in [3.63, 3.8) is 0 Å². The van der Waals surface area contributed by atoms with Crippen molar-refractivity contribution in [3.8, 4) is 73.6 Å². The molecule has 0 spiro atoms. The fraction of sp³-hybridized carbons (Fsp3) is 0.214. The van der Waals surface area contributed by atoms with Gasteiger partial charge in [0.2, 0.25) is 0 Å². The minimum absolute atomic E-state index is 0.297. The summed E-state index contributed by atoms with van der Waals surface area (Å²) < 4.78 is 0. The molecular formula is C56H48N4. The highest BCUT2D eigenvalue weighted by atomic mass is 15.0. The van der Waals surface area contributed by atoms with E-state index in [0.29, 0.717) is 28.5 Å². The number of benzene rings is 7. The molecule has 0 saturated heterocycles. The van der Waals surface area contributed by atoms with Crippen LogP contribution in [0.4, 0.5) is 0 Å². The minimum Gasteiger partial charge on any atom is -0.208 e. The topological polar surface area (TPSA) is 62.5 Å². The van der Waals surface area contributed by atoms with E-state index in [1.165, 1.54) is 60.4 Å². The van der Waals surface area contributed by atoms with E-state index in [1.807, 2.05) is 42.5 Å². The molecular weight excluding hydrogens is 729 g/mol. The predicted molar refractivity (Wildman–Crippen MR) is 246 cm³/mol. The van der Waals surface area contributed by atoms with Gasteiger partial charge in [0.25, 0.3) is 0 Å². The Morgan fingerprint density at radius 2 is 1.02 bits per heavy atom. The molecule has 2 aliphatic carbocycles. The van der Waals surface area contributed by atoms with Gasteiger partial charge in [0.15, 0.2) is 17.5 Å². The van der Waals surface area contributed by atoms with E-state index < -0.39 is 0 Å². The maximum Gasteiger partial charge on any atom is 0.164 e. The predicted octanol–water partition coefficient (Wildman–Crippen LogP) is 14.4. The van der Waals surface area contributed by atoms with E-state index in [-0.39, 0.29) is 0 Å². The molecule has 0 amide bonds. The SMILES string of the molecule is CC[C@@H]1C[C@@H]2C[C@H](C)CC(c3ccc(-c4ccccc4-c4nc(-c5ccccc5)nc(-c5ccc(-c6ccc(-c7ccc(C#N)cc7)c7ccccc67)cc5)n4)cc3)(C1)C2. The number of hydrogen-bond donors (Lipinski definition) is 0. The number of hydrogen-bond acceptors (Lipinski definition) is 4. The van der Waals surface area contributed by atoms with Gasteiger partial charge in [-0.15, -0.1) is 0 Å². The molecule has 2 aliphatic rings. The Bertz CT molecular complexity index is 2850. The van der Waals surface area contributed by atoms with Crippen LogP contribution >= 0.6 is 0 Å². The van der Waals surface area contributed by atoms with Gasteiger partial charge in [0.1, 0.15) is 0 Å². The van der Waals surface area contributed by atoms with Gasteiger partial charge in [-0.25, -0.2) is 15.0 Å². The van der Waals surface area contributed by atoms with Crippen molar-refractivity contribution < 1.29 is 0 Å². The summed E-state index contributed by atoms with van der Waals surface area (Å²) in [5.74, 6) is 4.41. The van der Waals surface area contributed by atoms with Crippen LogP contribution in [0.1, 0.15) is 63.5 Å². The molecule has 0 N–H and O–H groups in total. The van der Waals surface area contributed by atoms with Gasteiger partial charge in [-0.05, 0) is 117 Å². The maximum absolute atomic E-state index is 9.33. The zero-order chi connectivity index (χ0) is 40.6. The van der Waals surface area contributed by atoms with E-state index in [9.17, 15) is 5.26 Å². The molecule has 0 radical (unpaired) electrons. The van der Waals surface area contributed by atoms with Gasteiger partial charge >= 0.3 is 0 Å². The van der Waals surface area contributed by atoms with Crippen LogP contribution in [-0.2, 0) is 5.41 Å². The molecule has 2 saturated carbocycles. The van der Waals surface area contributed by atoms with Gasteiger partial charge < -0.3 is 0 Å². The Labute approximate surface area is 353 Å². The lowest BCUT2D eigenvalue weighted by Gasteiger charge is -2.51. The average molecular weight is 777 g/mol. The lowest BCUT2D eigenvalue weighted by molar-refractivity contribution is 0.0702. The molecule has 7 aromatic carbocycles. The van der Waals surface area contributed by atoms with Crippen molar-refractivity contribution in [2.75, 3.05) is 0 Å². The van der Waals surface area contributed by atoms with Gasteiger partial charge in [-0.3, -0.25) is 0 Å². The lowest BCUT2D eigenvalue weighted by atomic mass is 9.54. The van der Waals surface area contributed by atoms with Crippen molar-refractivity contribution in [1.29, 1.82) is 5.26 Å². The maximum atomic E-state index is 9.33. The molecule has 2 fully saturated rings. The molecule has 4 atom stereocenters. The molecule has 4 heteroatoms. The monoisotopic (exact) mass is 776 g/mol. The van der Waals surface area contributed by atoms with Crippen LogP contribution in [0.2, 0.25) is 0 Å². The van der Waals surface area contributed by atoms with Gasteiger partial charge in [-0.2, -0.15) is 5.26 Å². The fourth-order valence-corrected chi connectivity index (χ4v) is 10.8. The van der Waals surface area contributed by atoms with Gasteiger partial charge in [-0.1, -0.05) is 172 Å². The summed E-state index contributed by atoms with van der Waals surface area (Å²) >= 11 is 0. The average Bonchev–Trinajstić information content (AvgIpc) is 3.31. The van der Waals surface area contributed by atoms with Crippen LogP contribution in [0.5, 0.6) is 0 Å². The smallest absolute Gasteiger partial charge is 0.164 e. The molecule has 4 nitrogen and oxygen atoms in total. The van der Waals surface area contributed by atoms with Gasteiger partial charge in [0.05, 0.1) is 11.6 Å². The van der Waals surface area contributed by atoms with Crippen molar-refractivity contribution >= 4 is 10.8 Å². The minimum atomic E-state index is 0.297. The standard InChI is InChI=1S/C56H48N4/c1-3-38-32-40-31-37(2)33-56(34-38,35-40)46-27-25-43(26-28-46)47-13-7-10-16-52(47)55-59-53(44-11-5-4-6-12-44)58-54(60-55)45-23-21-42(22-24-45)49-30-29-48(50-14-8-9-15-51(49)50)41-19-17-39(36-57)18-20-41/h4-30,37-38,40H,3,31-35H2,1-2H3/t37-,38+,40-,56?/m0/s1. The van der Waals surface area contributed by atoms with Crippen LogP contribution in [0.3, 0.4) is 0 Å². The third-order valence-corrected chi connectivity index (χ3v) is 13.4.